The third-order valence-electron chi connectivity index (χ3n) is 3.42. The molecule has 0 spiro atoms. The molecule has 1 unspecified atom stereocenters. The van der Waals surface area contributed by atoms with Crippen LogP contribution in [0.15, 0.2) is 18.2 Å². The summed E-state index contributed by atoms with van der Waals surface area (Å²) in [5, 5.41) is 9.85. The highest BCUT2D eigenvalue weighted by Crippen LogP contribution is 2.40. The van der Waals surface area contributed by atoms with Crippen LogP contribution in [0.5, 0.6) is 5.75 Å². The van der Waals surface area contributed by atoms with Crippen molar-refractivity contribution in [2.45, 2.75) is 38.1 Å². The lowest BCUT2D eigenvalue weighted by Gasteiger charge is -2.38. The lowest BCUT2D eigenvalue weighted by atomic mass is 9.69. The predicted molar refractivity (Wildman–Crippen MR) is 57.4 cm³/mol. The van der Waals surface area contributed by atoms with Gasteiger partial charge in [0.2, 0.25) is 0 Å². The van der Waals surface area contributed by atoms with Gasteiger partial charge in [-0.05, 0) is 24.5 Å². The van der Waals surface area contributed by atoms with Crippen molar-refractivity contribution < 1.29 is 5.11 Å². The Kier molecular flexibility index (Phi) is 2.04. The summed E-state index contributed by atoms with van der Waals surface area (Å²) in [4.78, 5) is 0. The molecule has 0 saturated heterocycles. The first-order valence-electron chi connectivity index (χ1n) is 5.10. The molecule has 1 aromatic carbocycles. The van der Waals surface area contributed by atoms with E-state index in [0.717, 1.165) is 18.4 Å². The van der Waals surface area contributed by atoms with Crippen LogP contribution in [0.4, 0.5) is 0 Å². The van der Waals surface area contributed by atoms with Crippen LogP contribution in [-0.2, 0) is 11.8 Å². The molecule has 0 aliphatic heterocycles. The number of phenolic OH excluding ortho intramolecular Hbond substituents is 1. The van der Waals surface area contributed by atoms with Gasteiger partial charge in [-0.3, -0.25) is 0 Å². The van der Waals surface area contributed by atoms with Crippen molar-refractivity contribution in [3.8, 4) is 5.75 Å². The normalized spacial score (nSPS) is 24.4. The maximum Gasteiger partial charge on any atom is 0.119 e. The third-order valence-corrected chi connectivity index (χ3v) is 3.42. The highest BCUT2D eigenvalue weighted by atomic mass is 16.3. The van der Waals surface area contributed by atoms with Gasteiger partial charge in [0.25, 0.3) is 0 Å². The summed E-state index contributed by atoms with van der Waals surface area (Å²) < 4.78 is 0. The van der Waals surface area contributed by atoms with E-state index >= 15 is 0 Å². The number of nitrogens with two attached hydrogens (primary N) is 1. The molecule has 0 amide bonds. The van der Waals surface area contributed by atoms with E-state index in [1.165, 1.54) is 5.56 Å². The molecule has 0 fully saturated rings. The zero-order valence-corrected chi connectivity index (χ0v) is 8.75. The Hall–Kier alpha value is -1.02. The van der Waals surface area contributed by atoms with E-state index in [1.807, 2.05) is 6.07 Å². The van der Waals surface area contributed by atoms with Crippen molar-refractivity contribution in [1.82, 2.24) is 0 Å². The highest BCUT2D eigenvalue weighted by molar-refractivity contribution is 5.47. The molecule has 2 heteroatoms. The molecule has 3 N–H and O–H groups in total. The van der Waals surface area contributed by atoms with E-state index < -0.39 is 0 Å². The molecule has 0 heterocycles. The monoisotopic (exact) mass is 191 g/mol. The Balaban J connectivity index is 2.61. The second-order valence-corrected chi connectivity index (χ2v) is 4.68. The summed E-state index contributed by atoms with van der Waals surface area (Å²) in [6.45, 7) is 4.21. The number of aryl methyl sites for hydroxylation is 1. The summed E-state index contributed by atoms with van der Waals surface area (Å²) >= 11 is 0. The summed E-state index contributed by atoms with van der Waals surface area (Å²) in [5.74, 6) is 0.391. The fourth-order valence-corrected chi connectivity index (χ4v) is 2.40. The van der Waals surface area contributed by atoms with Crippen molar-refractivity contribution in [1.29, 1.82) is 0 Å². The van der Waals surface area contributed by atoms with Crippen LogP contribution in [0.2, 0.25) is 0 Å². The first-order valence-corrected chi connectivity index (χ1v) is 5.10. The van der Waals surface area contributed by atoms with Gasteiger partial charge in [0.1, 0.15) is 5.75 Å². The summed E-state index contributed by atoms with van der Waals surface area (Å²) in [5.41, 5.74) is 8.26. The van der Waals surface area contributed by atoms with Gasteiger partial charge in [-0.15, -0.1) is 0 Å². The van der Waals surface area contributed by atoms with E-state index in [0.29, 0.717) is 5.75 Å². The minimum absolute atomic E-state index is 0.112. The van der Waals surface area contributed by atoms with Gasteiger partial charge in [-0.1, -0.05) is 26.0 Å². The first kappa shape index (κ1) is 9.53. The maximum atomic E-state index is 9.85. The van der Waals surface area contributed by atoms with Crippen LogP contribution in [0.25, 0.3) is 0 Å². The van der Waals surface area contributed by atoms with Crippen LogP contribution in [0.1, 0.15) is 31.4 Å². The summed E-state index contributed by atoms with van der Waals surface area (Å²) in [6.07, 6.45) is 1.98. The number of phenols is 1. The van der Waals surface area contributed by atoms with Gasteiger partial charge in [-0.25, -0.2) is 0 Å². The Labute approximate surface area is 84.7 Å². The third kappa shape index (κ3) is 1.22. The largest absolute Gasteiger partial charge is 0.508 e. The van der Waals surface area contributed by atoms with E-state index in [9.17, 15) is 5.11 Å². The SMILES string of the molecule is CC1(C)c2c(O)cccc2CCC1N. The van der Waals surface area contributed by atoms with Crippen molar-refractivity contribution >= 4 is 0 Å². The smallest absolute Gasteiger partial charge is 0.119 e. The molecule has 1 aromatic rings. The molecule has 0 saturated carbocycles. The molecule has 0 aromatic heterocycles. The fourth-order valence-electron chi connectivity index (χ4n) is 2.40. The van der Waals surface area contributed by atoms with Gasteiger partial charge < -0.3 is 10.8 Å². The summed E-state index contributed by atoms with van der Waals surface area (Å²) in [7, 11) is 0. The lowest BCUT2D eigenvalue weighted by molar-refractivity contribution is 0.344. The minimum atomic E-state index is -0.112. The Bertz CT molecular complexity index is 357. The average Bonchev–Trinajstić information content (AvgIpc) is 2.11. The molecule has 2 nitrogen and oxygen atoms in total. The van der Waals surface area contributed by atoms with Crippen molar-refractivity contribution in [3.63, 3.8) is 0 Å². The second-order valence-electron chi connectivity index (χ2n) is 4.68. The van der Waals surface area contributed by atoms with Crippen LogP contribution in [0.3, 0.4) is 0 Å². The minimum Gasteiger partial charge on any atom is -0.508 e. The maximum absolute atomic E-state index is 9.85. The average molecular weight is 191 g/mol. The van der Waals surface area contributed by atoms with E-state index in [-0.39, 0.29) is 11.5 Å². The van der Waals surface area contributed by atoms with Gasteiger partial charge in [0.05, 0.1) is 0 Å². The second kappa shape index (κ2) is 2.99. The van der Waals surface area contributed by atoms with Gasteiger partial charge in [0.15, 0.2) is 0 Å². The zero-order valence-electron chi connectivity index (χ0n) is 8.75. The van der Waals surface area contributed by atoms with Crippen LogP contribution in [-0.4, -0.2) is 11.1 Å². The van der Waals surface area contributed by atoms with Crippen molar-refractivity contribution in [3.05, 3.63) is 29.3 Å². The lowest BCUT2D eigenvalue weighted by Crippen LogP contribution is -2.44. The number of benzene rings is 1. The Morgan fingerprint density at radius 2 is 2.14 bits per heavy atom. The standard InChI is InChI=1S/C12H17NO/c1-12(2)10(13)7-6-8-4-3-5-9(14)11(8)12/h3-5,10,14H,6-7,13H2,1-2H3. The van der Waals surface area contributed by atoms with Crippen molar-refractivity contribution in [2.75, 3.05) is 0 Å². The number of hydrogen-bond acceptors (Lipinski definition) is 2. The molecule has 1 aliphatic carbocycles. The quantitative estimate of drug-likeness (QED) is 0.658. The first-order chi connectivity index (χ1) is 6.53. The topological polar surface area (TPSA) is 46.2 Å². The molecular weight excluding hydrogens is 174 g/mol. The van der Waals surface area contributed by atoms with Crippen LogP contribution >= 0.6 is 0 Å². The fraction of sp³-hybridized carbons (Fsp3) is 0.500. The summed E-state index contributed by atoms with van der Waals surface area (Å²) in [6, 6.07) is 5.88. The Morgan fingerprint density at radius 1 is 1.43 bits per heavy atom. The van der Waals surface area contributed by atoms with Crippen molar-refractivity contribution in [2.24, 2.45) is 5.73 Å². The van der Waals surface area contributed by atoms with Gasteiger partial charge in [0, 0.05) is 17.0 Å². The molecule has 0 radical (unpaired) electrons. The van der Waals surface area contributed by atoms with Gasteiger partial charge in [-0.2, -0.15) is 0 Å². The number of aromatic hydroxyl groups is 1. The van der Waals surface area contributed by atoms with Crippen LogP contribution in [0, 0.1) is 0 Å². The van der Waals surface area contributed by atoms with Gasteiger partial charge >= 0.3 is 0 Å². The number of rotatable bonds is 0. The molecule has 14 heavy (non-hydrogen) atoms. The predicted octanol–water partition coefficient (Wildman–Crippen LogP) is 1.94. The number of hydrogen-bond donors (Lipinski definition) is 2. The molecule has 76 valence electrons. The molecular formula is C12H17NO. The highest BCUT2D eigenvalue weighted by Gasteiger charge is 2.36. The Morgan fingerprint density at radius 3 is 2.86 bits per heavy atom. The van der Waals surface area contributed by atoms with E-state index in [4.69, 9.17) is 5.73 Å². The molecule has 1 aliphatic rings. The van der Waals surface area contributed by atoms with E-state index in [1.54, 1.807) is 6.07 Å². The van der Waals surface area contributed by atoms with E-state index in [2.05, 4.69) is 19.9 Å². The number of fused-ring (bicyclic) bond motifs is 1. The van der Waals surface area contributed by atoms with Crippen LogP contribution < -0.4 is 5.73 Å². The molecule has 1 atom stereocenters. The molecule has 0 bridgehead atoms. The zero-order chi connectivity index (χ0) is 10.3. The molecule has 2 rings (SSSR count).